The Labute approximate surface area is 71.4 Å². The zero-order chi connectivity index (χ0) is 9.56. The number of ether oxygens (including phenoxy) is 1. The van der Waals surface area contributed by atoms with Crippen molar-refractivity contribution in [1.29, 1.82) is 5.41 Å². The second-order valence-corrected chi connectivity index (χ2v) is 2.08. The van der Waals surface area contributed by atoms with E-state index in [1.54, 1.807) is 13.8 Å². The Hall–Kier alpha value is -1.32. The molecule has 0 heterocycles. The second kappa shape index (κ2) is 5.35. The average molecular weight is 171 g/mol. The molecule has 0 rings (SSSR count). The van der Waals surface area contributed by atoms with Crippen LogP contribution in [-0.4, -0.2) is 23.9 Å². The summed E-state index contributed by atoms with van der Waals surface area (Å²) in [7, 11) is 0. The summed E-state index contributed by atoms with van der Waals surface area (Å²) in [5, 5.41) is 16.0. The van der Waals surface area contributed by atoms with E-state index in [4.69, 9.17) is 10.5 Å². The van der Waals surface area contributed by atoms with E-state index in [2.05, 4.69) is 4.74 Å². The van der Waals surface area contributed by atoms with Crippen molar-refractivity contribution in [1.82, 2.24) is 0 Å². The number of carbonyl (C=O) groups excluding carboxylic acids is 1. The lowest BCUT2D eigenvalue weighted by Gasteiger charge is -2.03. The number of hydrogen-bond acceptors (Lipinski definition) is 4. The molecule has 0 aliphatic rings. The molecule has 0 aromatic heterocycles. The third-order valence-corrected chi connectivity index (χ3v) is 1.29. The number of carbonyl (C=O) groups is 1. The van der Waals surface area contributed by atoms with Crippen molar-refractivity contribution in [2.75, 3.05) is 6.61 Å². The molecule has 12 heavy (non-hydrogen) atoms. The highest BCUT2D eigenvalue weighted by Gasteiger charge is 2.12. The Morgan fingerprint density at radius 2 is 2.17 bits per heavy atom. The van der Waals surface area contributed by atoms with Crippen molar-refractivity contribution in [3.63, 3.8) is 0 Å². The van der Waals surface area contributed by atoms with E-state index < -0.39 is 5.97 Å². The molecule has 0 aromatic rings. The zero-order valence-corrected chi connectivity index (χ0v) is 7.26. The highest BCUT2D eigenvalue weighted by molar-refractivity contribution is 6.08. The van der Waals surface area contributed by atoms with E-state index in [-0.39, 0.29) is 17.9 Å². The van der Waals surface area contributed by atoms with Gasteiger partial charge in [0.2, 0.25) is 0 Å². The number of hydrogen-bond donors (Lipinski definition) is 2. The van der Waals surface area contributed by atoms with Crippen LogP contribution in [0.5, 0.6) is 0 Å². The predicted octanol–water partition coefficient (Wildman–Crippen LogP) is 1.42. The fraction of sp³-hybridized carbons (Fsp3) is 0.500. The van der Waals surface area contributed by atoms with E-state index in [1.165, 1.54) is 0 Å². The Morgan fingerprint density at radius 1 is 1.58 bits per heavy atom. The van der Waals surface area contributed by atoms with Crippen molar-refractivity contribution in [3.05, 3.63) is 11.3 Å². The first-order valence-corrected chi connectivity index (χ1v) is 3.77. The lowest BCUT2D eigenvalue weighted by Crippen LogP contribution is -2.10. The van der Waals surface area contributed by atoms with Crippen molar-refractivity contribution in [2.45, 2.75) is 20.3 Å². The normalized spacial score (nSPS) is 11.8. The first-order valence-electron chi connectivity index (χ1n) is 3.77. The van der Waals surface area contributed by atoms with Crippen molar-refractivity contribution >= 4 is 12.2 Å². The number of rotatable bonds is 4. The highest BCUT2D eigenvalue weighted by atomic mass is 16.5. The highest BCUT2D eigenvalue weighted by Crippen LogP contribution is 2.04. The maximum Gasteiger partial charge on any atom is 0.343 e. The molecular weight excluding hydrogens is 158 g/mol. The third kappa shape index (κ3) is 2.74. The van der Waals surface area contributed by atoms with Gasteiger partial charge in [0.1, 0.15) is 11.3 Å². The lowest BCUT2D eigenvalue weighted by atomic mass is 10.2. The smallest absolute Gasteiger partial charge is 0.343 e. The van der Waals surface area contributed by atoms with Gasteiger partial charge in [0.05, 0.1) is 6.61 Å². The first kappa shape index (κ1) is 10.7. The van der Waals surface area contributed by atoms with Crippen LogP contribution < -0.4 is 0 Å². The average Bonchev–Trinajstić information content (AvgIpc) is 2.06. The summed E-state index contributed by atoms with van der Waals surface area (Å²) < 4.78 is 4.61. The van der Waals surface area contributed by atoms with Crippen LogP contribution in [0.1, 0.15) is 20.3 Å². The molecule has 2 N–H and O–H groups in total. The van der Waals surface area contributed by atoms with E-state index in [0.717, 1.165) is 6.21 Å². The van der Waals surface area contributed by atoms with Gasteiger partial charge in [0.15, 0.2) is 0 Å². The van der Waals surface area contributed by atoms with Gasteiger partial charge in [0, 0.05) is 12.6 Å². The van der Waals surface area contributed by atoms with Crippen LogP contribution in [0.15, 0.2) is 11.3 Å². The molecule has 0 spiro atoms. The monoisotopic (exact) mass is 171 g/mol. The summed E-state index contributed by atoms with van der Waals surface area (Å²) in [5.74, 6) is -0.754. The Kier molecular flexibility index (Phi) is 4.76. The van der Waals surface area contributed by atoms with Crippen LogP contribution in [-0.2, 0) is 9.53 Å². The van der Waals surface area contributed by atoms with E-state index in [9.17, 15) is 4.79 Å². The van der Waals surface area contributed by atoms with E-state index >= 15 is 0 Å². The standard InChI is InChI=1S/C8H13NO3/c1-3-7(10)6(5-9)8(11)12-4-2/h5,9-10H,3-4H2,1-2H3. The summed E-state index contributed by atoms with van der Waals surface area (Å²) in [4.78, 5) is 11.0. The maximum absolute atomic E-state index is 11.0. The molecule has 0 aliphatic carbocycles. The van der Waals surface area contributed by atoms with Crippen LogP contribution in [0.2, 0.25) is 0 Å². The molecule has 4 heteroatoms. The Morgan fingerprint density at radius 3 is 2.50 bits per heavy atom. The summed E-state index contributed by atoms with van der Waals surface area (Å²) in [6.45, 7) is 3.60. The molecule has 0 bridgehead atoms. The van der Waals surface area contributed by atoms with Crippen LogP contribution in [0.3, 0.4) is 0 Å². The molecule has 0 aliphatic heterocycles. The van der Waals surface area contributed by atoms with Gasteiger partial charge >= 0.3 is 5.97 Å². The number of nitrogens with one attached hydrogen (secondary N) is 1. The molecule has 0 atom stereocenters. The van der Waals surface area contributed by atoms with Crippen LogP contribution >= 0.6 is 0 Å². The Bertz CT molecular complexity index is 208. The molecule has 0 amide bonds. The number of aliphatic hydroxyl groups excluding tert-OH is 1. The first-order chi connectivity index (χ1) is 5.67. The van der Waals surface area contributed by atoms with Gasteiger partial charge in [-0.05, 0) is 6.92 Å². The van der Waals surface area contributed by atoms with Crippen LogP contribution in [0, 0.1) is 5.41 Å². The number of esters is 1. The van der Waals surface area contributed by atoms with Gasteiger partial charge in [-0.2, -0.15) is 0 Å². The predicted molar refractivity (Wildman–Crippen MR) is 45.4 cm³/mol. The number of allylic oxidation sites excluding steroid dienone is 1. The molecule has 0 saturated carbocycles. The number of aliphatic hydroxyl groups is 1. The quantitative estimate of drug-likeness (QED) is 0.291. The maximum atomic E-state index is 11.0. The van der Waals surface area contributed by atoms with E-state index in [1.807, 2.05) is 0 Å². The summed E-state index contributed by atoms with van der Waals surface area (Å²) in [6.07, 6.45) is 1.13. The van der Waals surface area contributed by atoms with Crippen LogP contribution in [0.25, 0.3) is 0 Å². The molecule has 0 saturated heterocycles. The molecule has 0 aromatic carbocycles. The molecular formula is C8H13NO3. The van der Waals surface area contributed by atoms with Crippen molar-refractivity contribution < 1.29 is 14.6 Å². The lowest BCUT2D eigenvalue weighted by molar-refractivity contribution is -0.138. The van der Waals surface area contributed by atoms with Gasteiger partial charge in [-0.3, -0.25) is 0 Å². The van der Waals surface area contributed by atoms with Crippen LogP contribution in [0.4, 0.5) is 0 Å². The minimum Gasteiger partial charge on any atom is -0.511 e. The minimum atomic E-state index is -0.646. The molecule has 4 nitrogen and oxygen atoms in total. The summed E-state index contributed by atoms with van der Waals surface area (Å²) in [6, 6.07) is 0. The topological polar surface area (TPSA) is 70.4 Å². The van der Waals surface area contributed by atoms with Crippen molar-refractivity contribution in [2.24, 2.45) is 0 Å². The SMILES string of the molecule is CCOC(=O)C(C=N)=C(O)CC. The third-order valence-electron chi connectivity index (χ3n) is 1.29. The largest absolute Gasteiger partial charge is 0.511 e. The van der Waals surface area contributed by atoms with E-state index in [0.29, 0.717) is 6.42 Å². The fourth-order valence-corrected chi connectivity index (χ4v) is 0.659. The minimum absolute atomic E-state index is 0.0700. The van der Waals surface area contributed by atoms with Gasteiger partial charge in [-0.1, -0.05) is 6.92 Å². The van der Waals surface area contributed by atoms with Gasteiger partial charge in [-0.25, -0.2) is 4.79 Å². The summed E-state index contributed by atoms with van der Waals surface area (Å²) >= 11 is 0. The molecule has 0 unspecified atom stereocenters. The zero-order valence-electron chi connectivity index (χ0n) is 7.26. The molecule has 68 valence electrons. The summed E-state index contributed by atoms with van der Waals surface area (Å²) in [5.41, 5.74) is -0.0700. The van der Waals surface area contributed by atoms with Gasteiger partial charge in [-0.15, -0.1) is 0 Å². The van der Waals surface area contributed by atoms with Gasteiger partial charge < -0.3 is 15.3 Å². The molecule has 0 radical (unpaired) electrons. The molecule has 0 fully saturated rings. The Balaban J connectivity index is 4.55. The van der Waals surface area contributed by atoms with Gasteiger partial charge in [0.25, 0.3) is 0 Å². The van der Waals surface area contributed by atoms with Crippen molar-refractivity contribution in [3.8, 4) is 0 Å². The fourth-order valence-electron chi connectivity index (χ4n) is 0.659. The second-order valence-electron chi connectivity index (χ2n) is 2.08.